The Kier molecular flexibility index (Phi) is 8.47. The van der Waals surface area contributed by atoms with Crippen molar-refractivity contribution in [2.75, 3.05) is 4.90 Å². The van der Waals surface area contributed by atoms with Gasteiger partial charge in [-0.25, -0.2) is 0 Å². The molecule has 0 unspecified atom stereocenters. The molecule has 0 aliphatic heterocycles. The molecule has 0 atom stereocenters. The quantitative estimate of drug-likeness (QED) is 0.155. The zero-order valence-corrected chi connectivity index (χ0v) is 34.1. The minimum absolute atomic E-state index is 0.469. The summed E-state index contributed by atoms with van der Waals surface area (Å²) >= 11 is 0. The van der Waals surface area contributed by atoms with E-state index >= 15 is 0 Å². The number of nitrogens with zero attached hydrogens (tertiary/aromatic N) is 1. The van der Waals surface area contributed by atoms with Crippen molar-refractivity contribution < 1.29 is 0 Å². The fraction of sp³-hybridized carbons (Fsp3) is 0.0164. The molecule has 11 aromatic carbocycles. The van der Waals surface area contributed by atoms with Gasteiger partial charge >= 0.3 is 0 Å². The Morgan fingerprint density at radius 2 is 0.774 bits per heavy atom. The normalized spacial score (nSPS) is 12.6. The van der Waals surface area contributed by atoms with E-state index < -0.39 is 5.41 Å². The standard InChI is InChI=1S/C61H41N/c1-3-22-45(23-4-1)61(46-24-5-2-6-25-46)56-33-14-13-30-55(56)60-54(32-17-34-57(60)61)52-40-41-59(53-29-12-11-28-51(52)53)62(58-35-16-21-43-19-8-10-27-50(43)58)47-38-36-44(37-39-47)49-31-15-20-42-18-7-9-26-48(42)49/h1-41H. The molecule has 0 aromatic heterocycles. The molecule has 290 valence electrons. The van der Waals surface area contributed by atoms with E-state index in [1.165, 1.54) is 88.0 Å². The molecule has 0 N–H and O–H groups in total. The summed E-state index contributed by atoms with van der Waals surface area (Å²) in [6.07, 6.45) is 0. The molecule has 1 nitrogen and oxygen atoms in total. The summed E-state index contributed by atoms with van der Waals surface area (Å²) < 4.78 is 0. The summed E-state index contributed by atoms with van der Waals surface area (Å²) in [5, 5.41) is 7.33. The van der Waals surface area contributed by atoms with Gasteiger partial charge < -0.3 is 4.90 Å². The highest BCUT2D eigenvalue weighted by Crippen LogP contribution is 2.59. The van der Waals surface area contributed by atoms with Crippen LogP contribution in [0, 0.1) is 0 Å². The van der Waals surface area contributed by atoms with Crippen molar-refractivity contribution in [3.05, 3.63) is 271 Å². The van der Waals surface area contributed by atoms with E-state index in [1.54, 1.807) is 0 Å². The molecule has 0 amide bonds. The van der Waals surface area contributed by atoms with Crippen LogP contribution in [0.25, 0.3) is 65.7 Å². The Labute approximate surface area is 362 Å². The predicted octanol–water partition coefficient (Wildman–Crippen LogP) is 16.3. The zero-order valence-electron chi connectivity index (χ0n) is 34.1. The third kappa shape index (κ3) is 5.49. The van der Waals surface area contributed by atoms with Gasteiger partial charge in [-0.05, 0) is 101 Å². The van der Waals surface area contributed by atoms with Crippen molar-refractivity contribution in [1.29, 1.82) is 0 Å². The van der Waals surface area contributed by atoms with E-state index in [1.807, 2.05) is 0 Å². The van der Waals surface area contributed by atoms with Gasteiger partial charge in [0.25, 0.3) is 0 Å². The van der Waals surface area contributed by atoms with Gasteiger partial charge in [0.1, 0.15) is 0 Å². The monoisotopic (exact) mass is 787 g/mol. The van der Waals surface area contributed by atoms with Gasteiger partial charge in [-0.1, -0.05) is 224 Å². The summed E-state index contributed by atoms with van der Waals surface area (Å²) in [5.41, 5.74) is 15.5. The van der Waals surface area contributed by atoms with Gasteiger partial charge in [0, 0.05) is 16.5 Å². The van der Waals surface area contributed by atoms with Crippen LogP contribution in [-0.2, 0) is 5.41 Å². The summed E-state index contributed by atoms with van der Waals surface area (Å²) in [4.78, 5) is 2.46. The SMILES string of the molecule is c1ccc(C2(c3ccccc3)c3ccccc3-c3c(-c4ccc(N(c5ccc(-c6cccc7ccccc67)cc5)c5cccc6ccccc56)c5ccccc45)cccc32)cc1. The van der Waals surface area contributed by atoms with E-state index in [-0.39, 0.29) is 0 Å². The van der Waals surface area contributed by atoms with Crippen LogP contribution >= 0.6 is 0 Å². The topological polar surface area (TPSA) is 3.24 Å². The highest BCUT2D eigenvalue weighted by atomic mass is 15.1. The first-order valence-corrected chi connectivity index (χ1v) is 21.5. The van der Waals surface area contributed by atoms with Crippen LogP contribution in [0.4, 0.5) is 17.1 Å². The van der Waals surface area contributed by atoms with Crippen LogP contribution in [0.2, 0.25) is 0 Å². The molecular formula is C61H41N. The lowest BCUT2D eigenvalue weighted by molar-refractivity contribution is 0.768. The maximum Gasteiger partial charge on any atom is 0.0713 e. The Balaban J connectivity index is 1.08. The van der Waals surface area contributed by atoms with Crippen LogP contribution in [0.3, 0.4) is 0 Å². The smallest absolute Gasteiger partial charge is 0.0713 e. The number of benzene rings is 11. The second kappa shape index (κ2) is 14.6. The minimum atomic E-state index is -0.469. The Bertz CT molecular complexity index is 3410. The van der Waals surface area contributed by atoms with Gasteiger partial charge in [0.15, 0.2) is 0 Å². The Hall–Kier alpha value is -8.00. The fourth-order valence-electron chi connectivity index (χ4n) is 10.5. The maximum atomic E-state index is 2.46. The molecule has 0 radical (unpaired) electrons. The van der Waals surface area contributed by atoms with E-state index in [0.717, 1.165) is 17.1 Å². The predicted molar refractivity (Wildman–Crippen MR) is 262 cm³/mol. The van der Waals surface area contributed by atoms with Gasteiger partial charge in [0.05, 0.1) is 16.8 Å². The first-order valence-electron chi connectivity index (χ1n) is 21.5. The van der Waals surface area contributed by atoms with Gasteiger partial charge in [-0.3, -0.25) is 0 Å². The second-order valence-corrected chi connectivity index (χ2v) is 16.3. The molecule has 0 fully saturated rings. The van der Waals surface area contributed by atoms with Gasteiger partial charge in [-0.15, -0.1) is 0 Å². The van der Waals surface area contributed by atoms with Crippen LogP contribution < -0.4 is 4.90 Å². The maximum absolute atomic E-state index is 2.46. The van der Waals surface area contributed by atoms with Gasteiger partial charge in [-0.2, -0.15) is 0 Å². The van der Waals surface area contributed by atoms with E-state index in [0.29, 0.717) is 0 Å². The van der Waals surface area contributed by atoms with Crippen molar-refractivity contribution in [3.63, 3.8) is 0 Å². The highest BCUT2D eigenvalue weighted by molar-refractivity contribution is 6.11. The Morgan fingerprint density at radius 1 is 0.274 bits per heavy atom. The van der Waals surface area contributed by atoms with Crippen molar-refractivity contribution in [1.82, 2.24) is 0 Å². The highest BCUT2D eigenvalue weighted by Gasteiger charge is 2.46. The molecule has 1 aliphatic carbocycles. The summed E-state index contributed by atoms with van der Waals surface area (Å²) in [6.45, 7) is 0. The van der Waals surface area contributed by atoms with Crippen molar-refractivity contribution in [3.8, 4) is 33.4 Å². The first kappa shape index (κ1) is 35.9. The number of hydrogen-bond acceptors (Lipinski definition) is 1. The molecule has 0 saturated carbocycles. The summed E-state index contributed by atoms with van der Waals surface area (Å²) in [7, 11) is 0. The van der Waals surface area contributed by atoms with Crippen LogP contribution in [0.1, 0.15) is 22.3 Å². The molecular weight excluding hydrogens is 747 g/mol. The van der Waals surface area contributed by atoms with Gasteiger partial charge in [0.2, 0.25) is 0 Å². The number of rotatable bonds is 7. The molecule has 11 aromatic rings. The largest absolute Gasteiger partial charge is 0.309 e. The molecule has 0 saturated heterocycles. The third-order valence-electron chi connectivity index (χ3n) is 13.1. The number of hydrogen-bond donors (Lipinski definition) is 0. The fourth-order valence-corrected chi connectivity index (χ4v) is 10.5. The van der Waals surface area contributed by atoms with Crippen molar-refractivity contribution in [2.45, 2.75) is 5.41 Å². The molecule has 12 rings (SSSR count). The lowest BCUT2D eigenvalue weighted by Crippen LogP contribution is -2.28. The lowest BCUT2D eigenvalue weighted by Gasteiger charge is -2.34. The third-order valence-corrected chi connectivity index (χ3v) is 13.1. The van der Waals surface area contributed by atoms with Crippen molar-refractivity contribution >= 4 is 49.4 Å². The summed E-state index contributed by atoms with van der Waals surface area (Å²) in [5.74, 6) is 0. The molecule has 0 bridgehead atoms. The molecule has 1 aliphatic rings. The zero-order chi connectivity index (χ0) is 41.0. The minimum Gasteiger partial charge on any atom is -0.309 e. The summed E-state index contributed by atoms with van der Waals surface area (Å²) in [6, 6.07) is 91.6. The lowest BCUT2D eigenvalue weighted by atomic mass is 9.67. The number of fused-ring (bicyclic) bond motifs is 6. The molecule has 0 heterocycles. The molecule has 62 heavy (non-hydrogen) atoms. The average molecular weight is 788 g/mol. The van der Waals surface area contributed by atoms with Crippen LogP contribution in [0.15, 0.2) is 249 Å². The molecule has 0 spiro atoms. The Morgan fingerprint density at radius 3 is 1.52 bits per heavy atom. The second-order valence-electron chi connectivity index (χ2n) is 16.3. The van der Waals surface area contributed by atoms with E-state index in [2.05, 4.69) is 254 Å². The number of anilines is 3. The van der Waals surface area contributed by atoms with Crippen molar-refractivity contribution in [2.24, 2.45) is 0 Å². The van der Waals surface area contributed by atoms with E-state index in [4.69, 9.17) is 0 Å². The first-order chi connectivity index (χ1) is 30.8. The van der Waals surface area contributed by atoms with Crippen LogP contribution in [-0.4, -0.2) is 0 Å². The van der Waals surface area contributed by atoms with Crippen LogP contribution in [0.5, 0.6) is 0 Å². The average Bonchev–Trinajstić information content (AvgIpc) is 3.66. The van der Waals surface area contributed by atoms with E-state index in [9.17, 15) is 0 Å². The molecule has 1 heteroatoms.